The molecule has 1 N–H and O–H groups in total. The average Bonchev–Trinajstić information content (AvgIpc) is 2.26. The van der Waals surface area contributed by atoms with Gasteiger partial charge >= 0.3 is 0 Å². The summed E-state index contributed by atoms with van der Waals surface area (Å²) >= 11 is 0. The lowest BCUT2D eigenvalue weighted by atomic mass is 10.1. The normalized spacial score (nSPS) is 12.5. The Morgan fingerprint density at radius 3 is 2.47 bits per heavy atom. The van der Waals surface area contributed by atoms with Gasteiger partial charge < -0.3 is 14.6 Å². The molecule has 0 saturated heterocycles. The quantitative estimate of drug-likeness (QED) is 0.889. The number of aromatic nitrogens is 2. The highest BCUT2D eigenvalue weighted by Crippen LogP contribution is 2.12. The molecular weight excluding hydrogens is 242 g/mol. The van der Waals surface area contributed by atoms with Crippen molar-refractivity contribution in [1.29, 1.82) is 0 Å². The van der Waals surface area contributed by atoms with Crippen molar-refractivity contribution in [3.05, 3.63) is 22.7 Å². The minimum Gasteiger partial charge on any atom is -0.374 e. The van der Waals surface area contributed by atoms with Gasteiger partial charge in [0, 0.05) is 31.1 Å². The first kappa shape index (κ1) is 15.7. The van der Waals surface area contributed by atoms with Crippen LogP contribution in [0.5, 0.6) is 0 Å². The van der Waals surface area contributed by atoms with E-state index < -0.39 is 0 Å². The second kappa shape index (κ2) is 5.74. The summed E-state index contributed by atoms with van der Waals surface area (Å²) in [5.41, 5.74) is -0.695. The van der Waals surface area contributed by atoms with E-state index in [1.807, 2.05) is 41.5 Å². The summed E-state index contributed by atoms with van der Waals surface area (Å²) in [6.07, 6.45) is 3.35. The number of anilines is 1. The summed E-state index contributed by atoms with van der Waals surface area (Å²) in [6, 6.07) is 0. The van der Waals surface area contributed by atoms with Gasteiger partial charge in [0.1, 0.15) is 0 Å². The minimum atomic E-state index is -0.328. The van der Waals surface area contributed by atoms with Crippen LogP contribution in [0.2, 0.25) is 0 Å². The lowest BCUT2D eigenvalue weighted by Crippen LogP contribution is -2.38. The first-order chi connectivity index (χ1) is 8.67. The first-order valence-corrected chi connectivity index (χ1v) is 6.63. The average molecular weight is 267 g/mol. The molecule has 0 unspecified atom stereocenters. The zero-order chi connectivity index (χ0) is 14.7. The highest BCUT2D eigenvalue weighted by molar-refractivity contribution is 5.31. The van der Waals surface area contributed by atoms with Crippen molar-refractivity contribution < 1.29 is 4.74 Å². The third-order valence-electron chi connectivity index (χ3n) is 2.78. The van der Waals surface area contributed by atoms with Crippen LogP contribution in [0, 0.1) is 0 Å². The molecule has 1 rings (SSSR count). The molecule has 108 valence electrons. The Hall–Kier alpha value is -1.36. The molecule has 5 nitrogen and oxygen atoms in total. The molecule has 0 atom stereocenters. The maximum Gasteiger partial charge on any atom is 0.293 e. The monoisotopic (exact) mass is 267 g/mol. The van der Waals surface area contributed by atoms with E-state index >= 15 is 0 Å². The van der Waals surface area contributed by atoms with Crippen molar-refractivity contribution in [3.63, 3.8) is 0 Å². The van der Waals surface area contributed by atoms with Crippen LogP contribution >= 0.6 is 0 Å². The topological polar surface area (TPSA) is 56.1 Å². The maximum absolute atomic E-state index is 12.3. The van der Waals surface area contributed by atoms with E-state index in [9.17, 15) is 4.79 Å². The van der Waals surface area contributed by atoms with Crippen LogP contribution in [-0.2, 0) is 10.3 Å². The highest BCUT2D eigenvalue weighted by atomic mass is 16.5. The summed E-state index contributed by atoms with van der Waals surface area (Å²) in [7, 11) is 0. The summed E-state index contributed by atoms with van der Waals surface area (Å²) in [5, 5.41) is 3.08. The molecule has 1 aromatic heterocycles. The Balaban J connectivity index is 2.90. The Kier molecular flexibility index (Phi) is 4.74. The van der Waals surface area contributed by atoms with Gasteiger partial charge in [0.2, 0.25) is 0 Å². The molecule has 0 bridgehead atoms. The molecule has 0 aliphatic rings. The van der Waals surface area contributed by atoms with Gasteiger partial charge in [-0.1, -0.05) is 0 Å². The maximum atomic E-state index is 12.3. The predicted octanol–water partition coefficient (Wildman–Crippen LogP) is 2.23. The minimum absolute atomic E-state index is 0.109. The molecule has 0 aromatic carbocycles. The van der Waals surface area contributed by atoms with Crippen LogP contribution in [0.3, 0.4) is 0 Å². The van der Waals surface area contributed by atoms with Crippen LogP contribution in [0.1, 0.15) is 41.5 Å². The van der Waals surface area contributed by atoms with E-state index in [0.29, 0.717) is 19.0 Å². The molecule has 5 heteroatoms. The van der Waals surface area contributed by atoms with Gasteiger partial charge in [-0.2, -0.15) is 0 Å². The van der Waals surface area contributed by atoms with E-state index in [1.54, 1.807) is 17.0 Å². The molecule has 0 aliphatic heterocycles. The van der Waals surface area contributed by atoms with E-state index in [2.05, 4.69) is 10.3 Å². The Morgan fingerprint density at radius 1 is 1.32 bits per heavy atom. The molecule has 0 radical (unpaired) electrons. The third kappa shape index (κ3) is 4.35. The lowest BCUT2D eigenvalue weighted by molar-refractivity contribution is 0.000616. The fourth-order valence-corrected chi connectivity index (χ4v) is 1.80. The fraction of sp³-hybridized carbons (Fsp3) is 0.714. The molecule has 0 saturated carbocycles. The van der Waals surface area contributed by atoms with Gasteiger partial charge in [0.25, 0.3) is 5.56 Å². The summed E-state index contributed by atoms with van der Waals surface area (Å²) in [5.74, 6) is 0.366. The van der Waals surface area contributed by atoms with E-state index in [4.69, 9.17) is 4.74 Å². The summed E-state index contributed by atoms with van der Waals surface area (Å²) in [6.45, 7) is 13.1. The van der Waals surface area contributed by atoms with E-state index in [1.165, 1.54) is 0 Å². The fourth-order valence-electron chi connectivity index (χ4n) is 1.80. The van der Waals surface area contributed by atoms with Crippen molar-refractivity contribution >= 4 is 5.82 Å². The Morgan fingerprint density at radius 2 is 1.95 bits per heavy atom. The van der Waals surface area contributed by atoms with Gasteiger partial charge in [0.15, 0.2) is 5.82 Å². The smallest absolute Gasteiger partial charge is 0.293 e. The van der Waals surface area contributed by atoms with Crippen molar-refractivity contribution in [1.82, 2.24) is 9.55 Å². The molecule has 0 spiro atoms. The van der Waals surface area contributed by atoms with Crippen molar-refractivity contribution in [2.45, 2.75) is 52.7 Å². The van der Waals surface area contributed by atoms with E-state index in [-0.39, 0.29) is 16.7 Å². The zero-order valence-corrected chi connectivity index (χ0v) is 12.8. The standard InChI is InChI=1S/C14H25N3O2/c1-7-19-14(5,6)10-16-11-12(18)17(9-8-15-11)13(2,3)4/h8-9H,7,10H2,1-6H3,(H,15,16). The summed E-state index contributed by atoms with van der Waals surface area (Å²) in [4.78, 5) is 16.4. The molecule has 1 aromatic rings. The predicted molar refractivity (Wildman–Crippen MR) is 77.7 cm³/mol. The number of ether oxygens (including phenoxy) is 1. The molecule has 1 heterocycles. The van der Waals surface area contributed by atoms with Gasteiger partial charge in [-0.05, 0) is 41.5 Å². The van der Waals surface area contributed by atoms with Crippen LogP contribution in [0.15, 0.2) is 17.2 Å². The van der Waals surface area contributed by atoms with Crippen molar-refractivity contribution in [2.75, 3.05) is 18.5 Å². The first-order valence-electron chi connectivity index (χ1n) is 6.63. The zero-order valence-electron chi connectivity index (χ0n) is 12.8. The van der Waals surface area contributed by atoms with Gasteiger partial charge in [-0.3, -0.25) is 4.79 Å². The number of hydrogen-bond donors (Lipinski definition) is 1. The summed E-state index contributed by atoms with van der Waals surface area (Å²) < 4.78 is 7.27. The Bertz CT molecular complexity index is 472. The van der Waals surface area contributed by atoms with Crippen LogP contribution in [0.4, 0.5) is 5.82 Å². The van der Waals surface area contributed by atoms with Crippen LogP contribution in [0.25, 0.3) is 0 Å². The number of nitrogens with one attached hydrogen (secondary N) is 1. The second-order valence-electron chi connectivity index (χ2n) is 6.17. The SMILES string of the molecule is CCOC(C)(C)CNc1nccn(C(C)(C)C)c1=O. The number of hydrogen-bond acceptors (Lipinski definition) is 4. The molecule has 0 amide bonds. The van der Waals surface area contributed by atoms with Gasteiger partial charge in [-0.15, -0.1) is 0 Å². The van der Waals surface area contributed by atoms with E-state index in [0.717, 1.165) is 0 Å². The molecular formula is C14H25N3O2. The molecule has 19 heavy (non-hydrogen) atoms. The van der Waals surface area contributed by atoms with Crippen molar-refractivity contribution in [3.8, 4) is 0 Å². The van der Waals surface area contributed by atoms with Crippen LogP contribution in [-0.4, -0.2) is 28.3 Å². The number of rotatable bonds is 5. The van der Waals surface area contributed by atoms with Crippen molar-refractivity contribution in [2.24, 2.45) is 0 Å². The highest BCUT2D eigenvalue weighted by Gasteiger charge is 2.20. The van der Waals surface area contributed by atoms with Gasteiger partial charge in [0.05, 0.1) is 5.60 Å². The number of nitrogens with zero attached hydrogens (tertiary/aromatic N) is 2. The largest absolute Gasteiger partial charge is 0.374 e. The second-order valence-corrected chi connectivity index (χ2v) is 6.17. The molecule has 0 fully saturated rings. The van der Waals surface area contributed by atoms with Gasteiger partial charge in [-0.25, -0.2) is 4.98 Å². The third-order valence-corrected chi connectivity index (χ3v) is 2.78. The molecule has 0 aliphatic carbocycles. The Labute approximate surface area is 115 Å². The van der Waals surface area contributed by atoms with Crippen LogP contribution < -0.4 is 10.9 Å². The lowest BCUT2D eigenvalue weighted by Gasteiger charge is -2.26.